The molecule has 1 amide bonds. The normalized spacial score (nSPS) is 18.2. The lowest BCUT2D eigenvalue weighted by molar-refractivity contribution is 0.0952. The Kier molecular flexibility index (Phi) is 8.46. The van der Waals surface area contributed by atoms with Crippen LogP contribution in [0.15, 0.2) is 34.1 Å². The number of nitriles is 1. The molecule has 4 rings (SSSR count). The summed E-state index contributed by atoms with van der Waals surface area (Å²) in [4.78, 5) is 32.6. The lowest BCUT2D eigenvalue weighted by Gasteiger charge is -2.14. The third-order valence-electron chi connectivity index (χ3n) is 6.36. The van der Waals surface area contributed by atoms with E-state index in [1.54, 1.807) is 29.0 Å². The van der Waals surface area contributed by atoms with Gasteiger partial charge in [-0.25, -0.2) is 4.99 Å². The van der Waals surface area contributed by atoms with Gasteiger partial charge in [0, 0.05) is 30.5 Å². The number of aliphatic imine (C=N–C) groups is 1. The van der Waals surface area contributed by atoms with Crippen molar-refractivity contribution in [1.29, 1.82) is 5.26 Å². The highest BCUT2D eigenvalue weighted by Crippen LogP contribution is 2.20. The average molecular weight is 523 g/mol. The molecule has 3 heterocycles. The van der Waals surface area contributed by atoms with Crippen LogP contribution in [0.5, 0.6) is 0 Å². The van der Waals surface area contributed by atoms with Crippen molar-refractivity contribution in [3.63, 3.8) is 0 Å². The smallest absolute Gasteiger partial charge is 0.270 e. The van der Waals surface area contributed by atoms with E-state index in [0.29, 0.717) is 40.1 Å². The number of ether oxygens (including phenoxy) is 1. The highest BCUT2D eigenvalue weighted by molar-refractivity contribution is 7.07. The fourth-order valence-electron chi connectivity index (χ4n) is 4.40. The standard InChI is InChI=1S/C27H34N6O3S/c1-4-33-25(35)22(37-26(33)21(16-28)24-31-27(2,3)18-36-24)17-30-20-10-7-9-19(15-20)23(34)29-11-8-14-32-12-5-6-13-32/h7,9-10,15,17,30H,4-6,8,11-14,18H2,1-3H3,(H,29,34). The number of hydrogen-bond acceptors (Lipinski definition) is 8. The molecule has 37 heavy (non-hydrogen) atoms. The van der Waals surface area contributed by atoms with Gasteiger partial charge in [-0.05, 0) is 77.9 Å². The maximum atomic E-state index is 13.1. The largest absolute Gasteiger partial charge is 0.474 e. The molecule has 0 bridgehead atoms. The number of rotatable bonds is 9. The molecular formula is C27H34N6O3S. The Morgan fingerprint density at radius 3 is 2.78 bits per heavy atom. The van der Waals surface area contributed by atoms with Crippen molar-refractivity contribution in [2.24, 2.45) is 4.99 Å². The van der Waals surface area contributed by atoms with Crippen molar-refractivity contribution in [2.45, 2.75) is 52.1 Å². The van der Waals surface area contributed by atoms with E-state index in [1.165, 1.54) is 24.2 Å². The zero-order valence-corrected chi connectivity index (χ0v) is 22.5. The lowest BCUT2D eigenvalue weighted by atomic mass is 10.1. The minimum Gasteiger partial charge on any atom is -0.474 e. The molecule has 1 aromatic heterocycles. The third kappa shape index (κ3) is 6.48. The molecule has 0 aliphatic carbocycles. The van der Waals surface area contributed by atoms with E-state index in [2.05, 4.69) is 26.6 Å². The molecular weight excluding hydrogens is 488 g/mol. The highest BCUT2D eigenvalue weighted by Gasteiger charge is 2.29. The molecule has 2 aliphatic rings. The molecule has 9 nitrogen and oxygen atoms in total. The van der Waals surface area contributed by atoms with E-state index in [-0.39, 0.29) is 22.9 Å². The molecule has 0 atom stereocenters. The first-order valence-corrected chi connectivity index (χ1v) is 13.6. The van der Waals surface area contributed by atoms with Gasteiger partial charge in [0.15, 0.2) is 0 Å². The Balaban J connectivity index is 1.50. The number of nitrogens with one attached hydrogen (secondary N) is 2. The molecule has 2 N–H and O–H groups in total. The first kappa shape index (κ1) is 26.6. The molecule has 0 spiro atoms. The van der Waals surface area contributed by atoms with Crippen molar-refractivity contribution >= 4 is 40.6 Å². The van der Waals surface area contributed by atoms with Crippen LogP contribution in [0.3, 0.4) is 0 Å². The van der Waals surface area contributed by atoms with Crippen molar-refractivity contribution < 1.29 is 9.53 Å². The molecule has 1 saturated heterocycles. The molecule has 0 radical (unpaired) electrons. The van der Waals surface area contributed by atoms with Crippen molar-refractivity contribution in [2.75, 3.05) is 38.1 Å². The van der Waals surface area contributed by atoms with Gasteiger partial charge < -0.3 is 20.3 Å². The van der Waals surface area contributed by atoms with E-state index >= 15 is 0 Å². The summed E-state index contributed by atoms with van der Waals surface area (Å²) in [5, 5.41) is 16.0. The van der Waals surface area contributed by atoms with Crippen LogP contribution >= 0.6 is 11.3 Å². The molecule has 1 aromatic carbocycles. The number of carbonyl (C=O) groups excluding carboxylic acids is 1. The number of thiazole rings is 1. The van der Waals surface area contributed by atoms with Gasteiger partial charge in [0.1, 0.15) is 27.4 Å². The maximum Gasteiger partial charge on any atom is 0.270 e. The SMILES string of the molecule is CCn1c(=C(C#N)C2=NC(C)(C)CO2)sc(=CNc2cccc(C(=O)NCCCN3CCCC3)c2)c1=O. The van der Waals surface area contributed by atoms with Gasteiger partial charge in [0.25, 0.3) is 11.5 Å². The molecule has 1 fully saturated rings. The Hall–Kier alpha value is -3.42. The number of aromatic nitrogens is 1. The lowest BCUT2D eigenvalue weighted by Crippen LogP contribution is -2.32. The highest BCUT2D eigenvalue weighted by atomic mass is 32.1. The molecule has 10 heteroatoms. The summed E-state index contributed by atoms with van der Waals surface area (Å²) in [5.41, 5.74) is 0.895. The van der Waals surface area contributed by atoms with Crippen LogP contribution in [-0.4, -0.2) is 59.6 Å². The number of nitrogens with zero attached hydrogens (tertiary/aromatic N) is 4. The van der Waals surface area contributed by atoms with E-state index in [0.717, 1.165) is 26.1 Å². The van der Waals surface area contributed by atoms with Gasteiger partial charge >= 0.3 is 0 Å². The minimum atomic E-state index is -0.409. The number of amides is 1. The Bertz CT molecular complexity index is 1390. The summed E-state index contributed by atoms with van der Waals surface area (Å²) >= 11 is 1.21. The second kappa shape index (κ2) is 11.8. The Morgan fingerprint density at radius 2 is 2.11 bits per heavy atom. The number of carbonyl (C=O) groups is 1. The van der Waals surface area contributed by atoms with E-state index in [1.807, 2.05) is 26.8 Å². The molecule has 196 valence electrons. The van der Waals surface area contributed by atoms with Gasteiger partial charge in [0.2, 0.25) is 5.90 Å². The number of hydrogen-bond donors (Lipinski definition) is 2. The predicted molar refractivity (Wildman–Crippen MR) is 147 cm³/mol. The number of likely N-dealkylation sites (tertiary alicyclic amines) is 1. The zero-order chi connectivity index (χ0) is 26.4. The summed E-state index contributed by atoms with van der Waals surface area (Å²) in [6.45, 7) is 10.5. The quantitative estimate of drug-likeness (QED) is 0.487. The van der Waals surface area contributed by atoms with Gasteiger partial charge in [0.05, 0.1) is 5.54 Å². The van der Waals surface area contributed by atoms with Crippen LogP contribution in [0.2, 0.25) is 0 Å². The van der Waals surface area contributed by atoms with Gasteiger partial charge in [-0.2, -0.15) is 5.26 Å². The zero-order valence-electron chi connectivity index (χ0n) is 21.7. The van der Waals surface area contributed by atoms with E-state index < -0.39 is 5.54 Å². The molecule has 0 saturated carbocycles. The number of benzene rings is 1. The van der Waals surface area contributed by atoms with Crippen molar-refractivity contribution in [1.82, 2.24) is 14.8 Å². The van der Waals surface area contributed by atoms with Gasteiger partial charge in [-0.1, -0.05) is 6.07 Å². The topological polar surface area (TPSA) is 112 Å². The monoisotopic (exact) mass is 522 g/mol. The van der Waals surface area contributed by atoms with E-state index in [4.69, 9.17) is 4.74 Å². The van der Waals surface area contributed by atoms with Crippen LogP contribution in [0.4, 0.5) is 5.69 Å². The third-order valence-corrected chi connectivity index (χ3v) is 7.49. The van der Waals surface area contributed by atoms with Crippen LogP contribution in [0.1, 0.15) is 50.4 Å². The van der Waals surface area contributed by atoms with Crippen LogP contribution in [0.25, 0.3) is 11.8 Å². The summed E-state index contributed by atoms with van der Waals surface area (Å²) in [6.07, 6.45) is 5.08. The van der Waals surface area contributed by atoms with Crippen LogP contribution < -0.4 is 25.4 Å². The van der Waals surface area contributed by atoms with Crippen molar-refractivity contribution in [3.05, 3.63) is 49.4 Å². The van der Waals surface area contributed by atoms with Crippen LogP contribution in [-0.2, 0) is 11.3 Å². The Labute approximate surface area is 220 Å². The molecule has 2 aromatic rings. The molecule has 0 unspecified atom stereocenters. The van der Waals surface area contributed by atoms with Gasteiger partial charge in [-0.15, -0.1) is 11.3 Å². The van der Waals surface area contributed by atoms with Gasteiger partial charge in [-0.3, -0.25) is 14.2 Å². The first-order valence-electron chi connectivity index (χ1n) is 12.8. The average Bonchev–Trinajstić information content (AvgIpc) is 3.61. The fourth-order valence-corrected chi connectivity index (χ4v) is 5.49. The number of anilines is 1. The fraction of sp³-hybridized carbons (Fsp3) is 0.481. The minimum absolute atomic E-state index is 0.120. The van der Waals surface area contributed by atoms with Crippen LogP contribution in [0, 0.1) is 11.3 Å². The predicted octanol–water partition coefficient (Wildman–Crippen LogP) is 1.88. The summed E-state index contributed by atoms with van der Waals surface area (Å²) in [7, 11) is 0. The summed E-state index contributed by atoms with van der Waals surface area (Å²) < 4.78 is 8.18. The summed E-state index contributed by atoms with van der Waals surface area (Å²) in [5.74, 6) is 0.153. The van der Waals surface area contributed by atoms with E-state index in [9.17, 15) is 14.9 Å². The summed E-state index contributed by atoms with van der Waals surface area (Å²) in [6, 6.07) is 9.34. The molecule has 2 aliphatic heterocycles. The maximum absolute atomic E-state index is 13.1. The first-order chi connectivity index (χ1) is 17.8. The second-order valence-corrected chi connectivity index (χ2v) is 10.9. The Morgan fingerprint density at radius 1 is 1.32 bits per heavy atom. The second-order valence-electron chi connectivity index (χ2n) is 9.85. The van der Waals surface area contributed by atoms with Crippen molar-refractivity contribution in [3.8, 4) is 6.07 Å².